The molecule has 0 amide bonds. The van der Waals surface area contributed by atoms with Gasteiger partial charge < -0.3 is 0 Å². The molecule has 29 heavy (non-hydrogen) atoms. The van der Waals surface area contributed by atoms with Gasteiger partial charge in [-0.1, -0.05) is 48.5 Å². The molecule has 2 atom stereocenters. The summed E-state index contributed by atoms with van der Waals surface area (Å²) >= 11 is 0. The predicted octanol–water partition coefficient (Wildman–Crippen LogP) is 2.66. The van der Waals surface area contributed by atoms with Crippen molar-refractivity contribution in [2.45, 2.75) is 36.4 Å². The van der Waals surface area contributed by atoms with Crippen LogP contribution in [0.2, 0.25) is 0 Å². The molecule has 3 heterocycles. The molecule has 0 aliphatic carbocycles. The fraction of sp³-hybridized carbons (Fsp3) is 0.478. The molecule has 0 radical (unpaired) electrons. The molecule has 2 aromatic carbocycles. The van der Waals surface area contributed by atoms with E-state index < -0.39 is 10.0 Å². The second-order valence-electron chi connectivity index (χ2n) is 8.65. The van der Waals surface area contributed by atoms with Crippen molar-refractivity contribution in [2.75, 3.05) is 32.7 Å². The summed E-state index contributed by atoms with van der Waals surface area (Å²) in [5.41, 5.74) is 1.38. The van der Waals surface area contributed by atoms with E-state index in [2.05, 4.69) is 40.1 Å². The van der Waals surface area contributed by atoms with Crippen molar-refractivity contribution in [2.24, 2.45) is 5.92 Å². The normalized spacial score (nSPS) is 26.9. The first-order valence-corrected chi connectivity index (χ1v) is 12.1. The van der Waals surface area contributed by atoms with Gasteiger partial charge in [0, 0.05) is 44.2 Å². The Hall–Kier alpha value is -1.73. The molecular weight excluding hydrogens is 382 g/mol. The molecule has 0 unspecified atom stereocenters. The lowest BCUT2D eigenvalue weighted by molar-refractivity contribution is -0.0177. The predicted molar refractivity (Wildman–Crippen MR) is 114 cm³/mol. The molecule has 154 valence electrons. The van der Waals surface area contributed by atoms with Gasteiger partial charge in [0.25, 0.3) is 0 Å². The Kier molecular flexibility index (Phi) is 5.20. The van der Waals surface area contributed by atoms with E-state index in [0.717, 1.165) is 26.2 Å². The average Bonchev–Trinajstić information content (AvgIpc) is 3.08. The zero-order valence-corrected chi connectivity index (χ0v) is 17.5. The Morgan fingerprint density at radius 3 is 2.17 bits per heavy atom. The van der Waals surface area contributed by atoms with Crippen LogP contribution in [0.1, 0.15) is 18.4 Å². The monoisotopic (exact) mass is 411 g/mol. The van der Waals surface area contributed by atoms with Gasteiger partial charge in [-0.25, -0.2) is 8.42 Å². The number of nitrogens with zero attached hydrogens (tertiary/aromatic N) is 3. The number of piperidine rings is 1. The maximum absolute atomic E-state index is 13.0. The highest BCUT2D eigenvalue weighted by Gasteiger charge is 2.51. The van der Waals surface area contributed by atoms with E-state index in [4.69, 9.17) is 0 Å². The number of likely N-dealkylation sites (tertiary alicyclic amines) is 2. The van der Waals surface area contributed by atoms with Gasteiger partial charge in [-0.15, -0.1) is 0 Å². The third-order valence-electron chi connectivity index (χ3n) is 6.90. The molecule has 3 aliphatic rings. The molecule has 0 saturated carbocycles. The van der Waals surface area contributed by atoms with E-state index in [1.165, 1.54) is 18.4 Å². The SMILES string of the molecule is O=S(=O)(c1ccccc1)N1C[C@@H]2CN(C3CCN(Cc4ccccc4)CC3)[C@H]2C1. The van der Waals surface area contributed by atoms with Gasteiger partial charge in [-0.05, 0) is 43.6 Å². The lowest BCUT2D eigenvalue weighted by Gasteiger charge is -2.50. The molecule has 0 bridgehead atoms. The van der Waals surface area contributed by atoms with E-state index in [1.54, 1.807) is 28.6 Å². The van der Waals surface area contributed by atoms with Gasteiger partial charge in [0.1, 0.15) is 0 Å². The van der Waals surface area contributed by atoms with Crippen molar-refractivity contribution in [1.82, 2.24) is 14.1 Å². The van der Waals surface area contributed by atoms with Crippen LogP contribution in [0, 0.1) is 5.92 Å². The van der Waals surface area contributed by atoms with Crippen LogP contribution in [0.4, 0.5) is 0 Å². The Morgan fingerprint density at radius 1 is 0.828 bits per heavy atom. The summed E-state index contributed by atoms with van der Waals surface area (Å²) in [5.74, 6) is 0.496. The molecule has 2 aromatic rings. The van der Waals surface area contributed by atoms with Crippen molar-refractivity contribution >= 4 is 10.0 Å². The summed E-state index contributed by atoms with van der Waals surface area (Å²) in [6.07, 6.45) is 2.36. The standard InChI is InChI=1S/C23H29N3O2S/c27-29(28,22-9-5-2-6-10-22)25-16-20-17-26(23(20)18-25)21-11-13-24(14-12-21)15-19-7-3-1-4-8-19/h1-10,20-21,23H,11-18H2/t20-,23+/m1/s1. The van der Waals surface area contributed by atoms with Crippen molar-refractivity contribution < 1.29 is 8.42 Å². The van der Waals surface area contributed by atoms with Crippen LogP contribution >= 0.6 is 0 Å². The zero-order valence-electron chi connectivity index (χ0n) is 16.7. The first-order valence-electron chi connectivity index (χ1n) is 10.7. The first kappa shape index (κ1) is 19.2. The Labute approximate surface area is 174 Å². The van der Waals surface area contributed by atoms with E-state index in [1.807, 2.05) is 6.07 Å². The van der Waals surface area contributed by atoms with Gasteiger partial charge in [0.15, 0.2) is 0 Å². The zero-order chi connectivity index (χ0) is 19.8. The van der Waals surface area contributed by atoms with Crippen LogP contribution < -0.4 is 0 Å². The lowest BCUT2D eigenvalue weighted by Crippen LogP contribution is -2.61. The van der Waals surface area contributed by atoms with Gasteiger partial charge in [0.2, 0.25) is 10.0 Å². The second-order valence-corrected chi connectivity index (χ2v) is 10.6. The van der Waals surface area contributed by atoms with Crippen molar-refractivity contribution in [3.63, 3.8) is 0 Å². The van der Waals surface area contributed by atoms with E-state index in [0.29, 0.717) is 36.0 Å². The Bertz CT molecular complexity index is 927. The molecule has 6 heteroatoms. The second kappa shape index (κ2) is 7.84. The van der Waals surface area contributed by atoms with E-state index in [9.17, 15) is 8.42 Å². The summed E-state index contributed by atoms with van der Waals surface area (Å²) in [5, 5.41) is 0. The fourth-order valence-electron chi connectivity index (χ4n) is 5.25. The highest BCUT2D eigenvalue weighted by Crippen LogP contribution is 2.38. The molecule has 5 rings (SSSR count). The minimum Gasteiger partial charge on any atom is -0.299 e. The Balaban J connectivity index is 1.16. The third-order valence-corrected chi connectivity index (χ3v) is 8.75. The summed E-state index contributed by atoms with van der Waals surface area (Å²) in [6, 6.07) is 20.6. The number of rotatable bonds is 5. The van der Waals surface area contributed by atoms with Crippen molar-refractivity contribution in [3.8, 4) is 0 Å². The van der Waals surface area contributed by atoms with Crippen LogP contribution in [0.15, 0.2) is 65.6 Å². The molecule has 3 saturated heterocycles. The molecule has 0 spiro atoms. The van der Waals surface area contributed by atoms with Crippen LogP contribution in [-0.2, 0) is 16.6 Å². The summed E-state index contributed by atoms with van der Waals surface area (Å²) in [4.78, 5) is 5.55. The van der Waals surface area contributed by atoms with Gasteiger partial charge in [-0.2, -0.15) is 4.31 Å². The highest BCUT2D eigenvalue weighted by molar-refractivity contribution is 7.89. The molecule has 0 N–H and O–H groups in total. The Morgan fingerprint density at radius 2 is 1.48 bits per heavy atom. The fourth-order valence-corrected chi connectivity index (χ4v) is 6.78. The minimum absolute atomic E-state index is 0.402. The van der Waals surface area contributed by atoms with Gasteiger partial charge >= 0.3 is 0 Å². The smallest absolute Gasteiger partial charge is 0.243 e. The first-order chi connectivity index (χ1) is 14.1. The number of hydrogen-bond acceptors (Lipinski definition) is 4. The quantitative estimate of drug-likeness (QED) is 0.759. The number of sulfonamides is 1. The van der Waals surface area contributed by atoms with Crippen LogP contribution in [0.25, 0.3) is 0 Å². The lowest BCUT2D eigenvalue weighted by atomic mass is 9.87. The largest absolute Gasteiger partial charge is 0.299 e. The highest BCUT2D eigenvalue weighted by atomic mass is 32.2. The van der Waals surface area contributed by atoms with E-state index >= 15 is 0 Å². The van der Waals surface area contributed by atoms with E-state index in [-0.39, 0.29) is 0 Å². The summed E-state index contributed by atoms with van der Waals surface area (Å²) < 4.78 is 27.6. The summed E-state index contributed by atoms with van der Waals surface area (Å²) in [7, 11) is -3.36. The maximum atomic E-state index is 13.0. The third kappa shape index (κ3) is 3.75. The molecule has 5 nitrogen and oxygen atoms in total. The summed E-state index contributed by atoms with van der Waals surface area (Å²) in [6.45, 7) is 5.65. The van der Waals surface area contributed by atoms with Crippen molar-refractivity contribution in [1.29, 1.82) is 0 Å². The number of hydrogen-bond donors (Lipinski definition) is 0. The maximum Gasteiger partial charge on any atom is 0.243 e. The number of fused-ring (bicyclic) bond motifs is 1. The average molecular weight is 412 g/mol. The molecule has 3 fully saturated rings. The number of benzene rings is 2. The molecule has 3 aliphatic heterocycles. The molecular formula is C23H29N3O2S. The van der Waals surface area contributed by atoms with Crippen LogP contribution in [-0.4, -0.2) is 67.3 Å². The molecule has 0 aromatic heterocycles. The van der Waals surface area contributed by atoms with Gasteiger partial charge in [0.05, 0.1) is 4.90 Å². The van der Waals surface area contributed by atoms with Gasteiger partial charge in [-0.3, -0.25) is 9.80 Å². The topological polar surface area (TPSA) is 43.9 Å². The van der Waals surface area contributed by atoms with Crippen molar-refractivity contribution in [3.05, 3.63) is 66.2 Å². The minimum atomic E-state index is -3.36. The van der Waals surface area contributed by atoms with Crippen LogP contribution in [0.3, 0.4) is 0 Å². The van der Waals surface area contributed by atoms with Crippen LogP contribution in [0.5, 0.6) is 0 Å².